The second kappa shape index (κ2) is 5.61. The monoisotopic (exact) mass is 268 g/mol. The molecule has 20 heavy (non-hydrogen) atoms. The third-order valence-corrected chi connectivity index (χ3v) is 3.98. The van der Waals surface area contributed by atoms with Crippen molar-refractivity contribution in [3.8, 4) is 0 Å². The summed E-state index contributed by atoms with van der Waals surface area (Å²) in [5.41, 5.74) is 4.44. The van der Waals surface area contributed by atoms with Crippen LogP contribution in [0.2, 0.25) is 0 Å². The van der Waals surface area contributed by atoms with Gasteiger partial charge in [-0.1, -0.05) is 36.2 Å². The Labute approximate surface area is 119 Å². The summed E-state index contributed by atoms with van der Waals surface area (Å²) >= 11 is 0. The van der Waals surface area contributed by atoms with Crippen molar-refractivity contribution < 1.29 is 0 Å². The number of hydrogen-bond donors (Lipinski definition) is 1. The molecule has 0 amide bonds. The van der Waals surface area contributed by atoms with Crippen molar-refractivity contribution in [2.24, 2.45) is 0 Å². The van der Waals surface area contributed by atoms with E-state index in [1.165, 1.54) is 17.5 Å². The molecule has 0 radical (unpaired) electrons. The van der Waals surface area contributed by atoms with Gasteiger partial charge in [0.05, 0.1) is 5.69 Å². The van der Waals surface area contributed by atoms with Gasteiger partial charge in [-0.3, -0.25) is 4.79 Å². The van der Waals surface area contributed by atoms with Crippen LogP contribution in [0, 0.1) is 6.92 Å². The highest BCUT2D eigenvalue weighted by Crippen LogP contribution is 2.16. The number of nitrogens with zero attached hydrogens (tertiary/aromatic N) is 1. The number of aryl methyl sites for hydroxylation is 2. The van der Waals surface area contributed by atoms with Crippen LogP contribution in [0.5, 0.6) is 0 Å². The molecular formula is C17H20N2O. The Morgan fingerprint density at radius 1 is 1.10 bits per heavy atom. The van der Waals surface area contributed by atoms with Gasteiger partial charge in [-0.25, -0.2) is 4.98 Å². The molecule has 1 aromatic heterocycles. The average Bonchev–Trinajstić information content (AvgIpc) is 2.67. The predicted octanol–water partition coefficient (Wildman–Crippen LogP) is 2.94. The molecule has 3 nitrogen and oxygen atoms in total. The molecule has 1 N–H and O–H groups in total. The van der Waals surface area contributed by atoms with E-state index >= 15 is 0 Å². The number of rotatable bonds is 2. The summed E-state index contributed by atoms with van der Waals surface area (Å²) in [6.07, 6.45) is 5.97. The van der Waals surface area contributed by atoms with Gasteiger partial charge in [0.2, 0.25) is 0 Å². The highest BCUT2D eigenvalue weighted by molar-refractivity contribution is 5.26. The van der Waals surface area contributed by atoms with Crippen molar-refractivity contribution in [1.29, 1.82) is 0 Å². The topological polar surface area (TPSA) is 45.8 Å². The third kappa shape index (κ3) is 2.82. The van der Waals surface area contributed by atoms with Gasteiger partial charge < -0.3 is 4.98 Å². The summed E-state index contributed by atoms with van der Waals surface area (Å²) in [5.74, 6) is 0.791. The highest BCUT2D eigenvalue weighted by Gasteiger charge is 2.14. The van der Waals surface area contributed by atoms with Gasteiger partial charge in [0.1, 0.15) is 5.82 Å². The normalized spacial score (nSPS) is 14.7. The summed E-state index contributed by atoms with van der Waals surface area (Å²) in [7, 11) is 0. The maximum atomic E-state index is 12.2. The van der Waals surface area contributed by atoms with Gasteiger partial charge in [-0.2, -0.15) is 0 Å². The molecule has 0 aliphatic heterocycles. The summed E-state index contributed by atoms with van der Waals surface area (Å²) in [6.45, 7) is 2.08. The predicted molar refractivity (Wildman–Crippen MR) is 80.1 cm³/mol. The zero-order valence-electron chi connectivity index (χ0n) is 11.9. The molecule has 3 heteroatoms. The number of benzene rings is 1. The maximum absolute atomic E-state index is 12.2. The fraction of sp³-hybridized carbons (Fsp3) is 0.412. The number of H-pyrrole nitrogens is 1. The Morgan fingerprint density at radius 3 is 2.65 bits per heavy atom. The first-order valence-electron chi connectivity index (χ1n) is 7.39. The molecule has 0 unspecified atom stereocenters. The number of fused-ring (bicyclic) bond motifs is 1. The number of aromatic amines is 1. The van der Waals surface area contributed by atoms with Crippen LogP contribution < -0.4 is 5.56 Å². The second-order valence-electron chi connectivity index (χ2n) is 5.66. The van der Waals surface area contributed by atoms with E-state index in [9.17, 15) is 4.79 Å². The fourth-order valence-corrected chi connectivity index (χ4v) is 2.81. The molecule has 104 valence electrons. The van der Waals surface area contributed by atoms with E-state index in [0.29, 0.717) is 6.42 Å². The van der Waals surface area contributed by atoms with Crippen LogP contribution in [0.1, 0.15) is 47.5 Å². The molecule has 0 saturated carbocycles. The van der Waals surface area contributed by atoms with Gasteiger partial charge in [0.25, 0.3) is 5.56 Å². The molecule has 0 fully saturated rings. The smallest absolute Gasteiger partial charge is 0.254 e. The van der Waals surface area contributed by atoms with E-state index in [-0.39, 0.29) is 5.56 Å². The first-order chi connectivity index (χ1) is 9.72. The summed E-state index contributed by atoms with van der Waals surface area (Å²) < 4.78 is 0. The molecule has 1 aliphatic rings. The van der Waals surface area contributed by atoms with E-state index in [1.54, 1.807) is 0 Å². The molecule has 0 spiro atoms. The lowest BCUT2D eigenvalue weighted by molar-refractivity contribution is 0.708. The van der Waals surface area contributed by atoms with E-state index in [1.807, 2.05) is 0 Å². The standard InChI is InChI=1S/C17H20N2O/c1-12-7-9-13(10-8-12)11-16-18-15-6-4-2-3-5-14(15)17(20)19-16/h7-10H,2-6,11H2,1H3,(H,18,19,20). The molecule has 0 saturated heterocycles. The Kier molecular flexibility index (Phi) is 3.68. The van der Waals surface area contributed by atoms with Crippen molar-refractivity contribution >= 4 is 0 Å². The van der Waals surface area contributed by atoms with Crippen LogP contribution in [0.4, 0.5) is 0 Å². The van der Waals surface area contributed by atoms with Gasteiger partial charge in [-0.05, 0) is 38.2 Å². The Balaban J connectivity index is 1.91. The van der Waals surface area contributed by atoms with E-state index in [0.717, 1.165) is 42.8 Å². The maximum Gasteiger partial charge on any atom is 0.254 e. The van der Waals surface area contributed by atoms with Gasteiger partial charge in [-0.15, -0.1) is 0 Å². The van der Waals surface area contributed by atoms with Gasteiger partial charge >= 0.3 is 0 Å². The number of hydrogen-bond acceptors (Lipinski definition) is 2. The van der Waals surface area contributed by atoms with Crippen molar-refractivity contribution in [3.63, 3.8) is 0 Å². The van der Waals surface area contributed by atoms with Crippen LogP contribution in [0.15, 0.2) is 29.1 Å². The molecular weight excluding hydrogens is 248 g/mol. The van der Waals surface area contributed by atoms with E-state index in [4.69, 9.17) is 4.98 Å². The van der Waals surface area contributed by atoms with E-state index < -0.39 is 0 Å². The molecule has 3 rings (SSSR count). The minimum absolute atomic E-state index is 0.0685. The largest absolute Gasteiger partial charge is 0.310 e. The van der Waals surface area contributed by atoms with Crippen molar-refractivity contribution in [2.45, 2.75) is 45.4 Å². The Bertz CT molecular complexity index is 656. The van der Waals surface area contributed by atoms with Gasteiger partial charge in [0.15, 0.2) is 0 Å². The molecule has 0 atom stereocenters. The summed E-state index contributed by atoms with van der Waals surface area (Å²) in [5, 5.41) is 0. The van der Waals surface area contributed by atoms with Gasteiger partial charge in [0, 0.05) is 12.0 Å². The van der Waals surface area contributed by atoms with Crippen LogP contribution in [-0.2, 0) is 19.3 Å². The summed E-state index contributed by atoms with van der Waals surface area (Å²) in [4.78, 5) is 19.8. The van der Waals surface area contributed by atoms with Crippen molar-refractivity contribution in [2.75, 3.05) is 0 Å². The zero-order valence-corrected chi connectivity index (χ0v) is 11.9. The lowest BCUT2D eigenvalue weighted by Crippen LogP contribution is -2.19. The lowest BCUT2D eigenvalue weighted by Gasteiger charge is -2.07. The molecule has 0 bridgehead atoms. The number of aromatic nitrogens is 2. The average molecular weight is 268 g/mol. The van der Waals surface area contributed by atoms with Crippen LogP contribution >= 0.6 is 0 Å². The molecule has 1 aliphatic carbocycles. The minimum atomic E-state index is 0.0685. The molecule has 1 aromatic carbocycles. The van der Waals surface area contributed by atoms with Crippen molar-refractivity contribution in [3.05, 3.63) is 62.8 Å². The minimum Gasteiger partial charge on any atom is -0.310 e. The third-order valence-electron chi connectivity index (χ3n) is 3.98. The zero-order chi connectivity index (χ0) is 13.9. The SMILES string of the molecule is Cc1ccc(Cc2nc3c(c(=O)[nH]2)CCCCC3)cc1. The first-order valence-corrected chi connectivity index (χ1v) is 7.39. The lowest BCUT2D eigenvalue weighted by atomic mass is 10.1. The van der Waals surface area contributed by atoms with Crippen molar-refractivity contribution in [1.82, 2.24) is 9.97 Å². The molecule has 2 aromatic rings. The highest BCUT2D eigenvalue weighted by atomic mass is 16.1. The quantitative estimate of drug-likeness (QED) is 0.851. The molecule has 1 heterocycles. The Hall–Kier alpha value is -1.90. The number of nitrogens with one attached hydrogen (secondary N) is 1. The Morgan fingerprint density at radius 2 is 1.85 bits per heavy atom. The first kappa shape index (κ1) is 13.1. The van der Waals surface area contributed by atoms with E-state index in [2.05, 4.69) is 36.2 Å². The van der Waals surface area contributed by atoms with Crippen LogP contribution in [0.25, 0.3) is 0 Å². The van der Waals surface area contributed by atoms with Crippen LogP contribution in [0.3, 0.4) is 0 Å². The fourth-order valence-electron chi connectivity index (χ4n) is 2.81. The van der Waals surface area contributed by atoms with Crippen LogP contribution in [-0.4, -0.2) is 9.97 Å². The summed E-state index contributed by atoms with van der Waals surface area (Å²) in [6, 6.07) is 8.38. The second-order valence-corrected chi connectivity index (χ2v) is 5.66.